The number of nitrogens with zero attached hydrogens (tertiary/aromatic N) is 2. The molecule has 3 rings (SSSR count). The molecule has 2 N–H and O–H groups in total. The highest BCUT2D eigenvalue weighted by Crippen LogP contribution is 2.22. The zero-order chi connectivity index (χ0) is 24.7. The minimum atomic E-state index is -4.48. The normalized spacial score (nSPS) is 12.3. The molecular weight excluding hydrogens is 461 g/mol. The fraction of sp³-hybridized carbons (Fsp3) is 0.261. The summed E-state index contributed by atoms with van der Waals surface area (Å²) in [7, 11) is 0. The number of pyridine rings is 2. The smallest absolute Gasteiger partial charge is 0.422 e. The van der Waals surface area contributed by atoms with Gasteiger partial charge >= 0.3 is 6.18 Å². The first-order chi connectivity index (χ1) is 16.1. The van der Waals surface area contributed by atoms with Crippen LogP contribution in [0.25, 0.3) is 11.3 Å². The molecule has 0 radical (unpaired) electrons. The van der Waals surface area contributed by atoms with Crippen LogP contribution in [0.1, 0.15) is 23.7 Å². The maximum Gasteiger partial charge on any atom is 0.422 e. The zero-order valence-electron chi connectivity index (χ0n) is 17.6. The lowest BCUT2D eigenvalue weighted by molar-refractivity contribution is -0.153. The number of ether oxygens (including phenoxy) is 1. The van der Waals surface area contributed by atoms with Crippen molar-refractivity contribution in [3.05, 3.63) is 77.8 Å². The molecule has 11 heteroatoms. The second-order valence-electron chi connectivity index (χ2n) is 7.31. The molecule has 0 aliphatic heterocycles. The van der Waals surface area contributed by atoms with Gasteiger partial charge in [-0.1, -0.05) is 6.07 Å². The van der Waals surface area contributed by atoms with Gasteiger partial charge in [0.1, 0.15) is 5.75 Å². The summed E-state index contributed by atoms with van der Waals surface area (Å²) in [4.78, 5) is 20.7. The van der Waals surface area contributed by atoms with Crippen molar-refractivity contribution in [1.29, 1.82) is 0 Å². The first-order valence-corrected chi connectivity index (χ1v) is 10.1. The molecule has 0 spiro atoms. The predicted molar refractivity (Wildman–Crippen MR) is 112 cm³/mol. The Morgan fingerprint density at radius 2 is 1.82 bits per heavy atom. The molecule has 2 heterocycles. The van der Waals surface area contributed by atoms with Crippen LogP contribution in [-0.4, -0.2) is 40.4 Å². The van der Waals surface area contributed by atoms with Crippen LogP contribution < -0.4 is 10.1 Å². The number of alkyl halides is 3. The van der Waals surface area contributed by atoms with Crippen molar-refractivity contribution in [2.75, 3.05) is 13.2 Å². The molecule has 0 aliphatic carbocycles. The lowest BCUT2D eigenvalue weighted by atomic mass is 10.1. The van der Waals surface area contributed by atoms with Crippen LogP contribution in [0.5, 0.6) is 5.75 Å². The van der Waals surface area contributed by atoms with Gasteiger partial charge in [-0.3, -0.25) is 14.8 Å². The number of aliphatic hydroxyl groups excluding tert-OH is 1. The van der Waals surface area contributed by atoms with E-state index in [-0.39, 0.29) is 25.2 Å². The van der Waals surface area contributed by atoms with Gasteiger partial charge in [0, 0.05) is 18.4 Å². The number of amides is 1. The van der Waals surface area contributed by atoms with Crippen molar-refractivity contribution in [2.45, 2.75) is 25.1 Å². The molecule has 3 aromatic rings. The number of hydrogen-bond acceptors (Lipinski definition) is 5. The Hall–Kier alpha value is -3.60. The molecule has 1 amide bonds. The highest BCUT2D eigenvalue weighted by atomic mass is 19.4. The van der Waals surface area contributed by atoms with E-state index in [2.05, 4.69) is 20.0 Å². The molecule has 6 nitrogen and oxygen atoms in total. The topological polar surface area (TPSA) is 84.3 Å². The van der Waals surface area contributed by atoms with Gasteiger partial charge in [0.2, 0.25) is 5.91 Å². The van der Waals surface area contributed by atoms with Gasteiger partial charge in [-0.15, -0.1) is 0 Å². The van der Waals surface area contributed by atoms with Crippen molar-refractivity contribution in [1.82, 2.24) is 15.3 Å². The van der Waals surface area contributed by atoms with Gasteiger partial charge < -0.3 is 15.2 Å². The number of hydrogen-bond donors (Lipinski definition) is 2. The lowest BCUT2D eigenvalue weighted by Crippen LogP contribution is -2.31. The predicted octanol–water partition coefficient (Wildman–Crippen LogP) is 4.15. The molecular formula is C23H20F5N3O3. The summed E-state index contributed by atoms with van der Waals surface area (Å²) in [6.45, 7) is -1.71. The Balaban J connectivity index is 1.61. The summed E-state index contributed by atoms with van der Waals surface area (Å²) in [6, 6.07) is 8.63. The largest absolute Gasteiger partial charge is 0.483 e. The van der Waals surface area contributed by atoms with Crippen LogP contribution in [0.2, 0.25) is 0 Å². The number of aromatic nitrogens is 2. The summed E-state index contributed by atoms with van der Waals surface area (Å²) in [5.74, 6) is -2.44. The summed E-state index contributed by atoms with van der Waals surface area (Å²) >= 11 is 0. The third-order valence-corrected chi connectivity index (χ3v) is 4.68. The molecule has 180 valence electrons. The average Bonchev–Trinajstić information content (AvgIpc) is 2.80. The number of benzene rings is 1. The lowest BCUT2D eigenvalue weighted by Gasteiger charge is -2.18. The van der Waals surface area contributed by atoms with Crippen molar-refractivity contribution in [3.63, 3.8) is 0 Å². The van der Waals surface area contributed by atoms with E-state index in [0.29, 0.717) is 22.5 Å². The van der Waals surface area contributed by atoms with Gasteiger partial charge in [0.15, 0.2) is 18.2 Å². The number of aliphatic hydroxyl groups is 1. The van der Waals surface area contributed by atoms with E-state index in [1.165, 1.54) is 24.4 Å². The monoisotopic (exact) mass is 481 g/mol. The van der Waals surface area contributed by atoms with Gasteiger partial charge in [-0.2, -0.15) is 13.2 Å². The summed E-state index contributed by atoms with van der Waals surface area (Å²) in [5, 5.41) is 12.0. The number of carbonyl (C=O) groups excluding carboxylic acids is 1. The molecule has 0 fully saturated rings. The summed E-state index contributed by atoms with van der Waals surface area (Å²) < 4.78 is 67.9. The van der Waals surface area contributed by atoms with Crippen molar-refractivity contribution in [2.24, 2.45) is 0 Å². The Morgan fingerprint density at radius 3 is 2.41 bits per heavy atom. The fourth-order valence-corrected chi connectivity index (χ4v) is 3.06. The van der Waals surface area contributed by atoms with E-state index in [1.807, 2.05) is 0 Å². The highest BCUT2D eigenvalue weighted by molar-refractivity contribution is 5.79. The molecule has 2 aromatic heterocycles. The SMILES string of the molecule is O=C(Cc1ccc(-c2ccc(F)c(F)c2)nc1)N[C@H](CCO)c1ccc(OCC(F)(F)F)cn1. The first-order valence-electron chi connectivity index (χ1n) is 10.1. The summed E-state index contributed by atoms with van der Waals surface area (Å²) in [6.07, 6.45) is -1.86. The average molecular weight is 481 g/mol. The quantitative estimate of drug-likeness (QED) is 0.449. The van der Waals surface area contributed by atoms with Crippen LogP contribution in [0.3, 0.4) is 0 Å². The van der Waals surface area contributed by atoms with E-state index in [1.54, 1.807) is 12.1 Å². The molecule has 34 heavy (non-hydrogen) atoms. The number of carbonyl (C=O) groups is 1. The second-order valence-corrected chi connectivity index (χ2v) is 7.31. The van der Waals surface area contributed by atoms with Gasteiger partial charge in [-0.25, -0.2) is 8.78 Å². The third-order valence-electron chi connectivity index (χ3n) is 4.68. The second kappa shape index (κ2) is 11.0. The number of halogens is 5. The van der Waals surface area contributed by atoms with Gasteiger partial charge in [0.25, 0.3) is 0 Å². The first kappa shape index (κ1) is 25.0. The van der Waals surface area contributed by atoms with Crippen LogP contribution in [-0.2, 0) is 11.2 Å². The molecule has 0 saturated carbocycles. The van der Waals surface area contributed by atoms with Gasteiger partial charge in [-0.05, 0) is 48.4 Å². The summed E-state index contributed by atoms with van der Waals surface area (Å²) in [5.41, 5.74) is 1.67. The minimum Gasteiger partial charge on any atom is -0.483 e. The van der Waals surface area contributed by atoms with E-state index in [4.69, 9.17) is 0 Å². The standard InChI is InChI=1S/C23H20F5N3O3/c24-17-4-2-15(10-18(17)25)19-5-1-14(11-29-19)9-22(33)31-21(7-8-32)20-6-3-16(12-30-20)34-13-23(26,27)28/h1-6,10-12,21,32H,7-9,13H2,(H,31,33)/t21-/m1/s1. The van der Waals surface area contributed by atoms with Crippen LogP contribution >= 0.6 is 0 Å². The molecule has 0 aliphatic rings. The van der Waals surface area contributed by atoms with Crippen molar-refractivity contribution >= 4 is 5.91 Å². The zero-order valence-corrected chi connectivity index (χ0v) is 17.6. The molecule has 1 aromatic carbocycles. The molecule has 0 unspecified atom stereocenters. The Bertz CT molecular complexity index is 1110. The van der Waals surface area contributed by atoms with Crippen LogP contribution in [0.4, 0.5) is 22.0 Å². The minimum absolute atomic E-state index is 0.0558. The van der Waals surface area contributed by atoms with Crippen molar-refractivity contribution in [3.8, 4) is 17.0 Å². The number of rotatable bonds is 9. The highest BCUT2D eigenvalue weighted by Gasteiger charge is 2.28. The Morgan fingerprint density at radius 1 is 1.03 bits per heavy atom. The maximum absolute atomic E-state index is 13.4. The van der Waals surface area contributed by atoms with Crippen LogP contribution in [0, 0.1) is 11.6 Å². The van der Waals surface area contributed by atoms with E-state index >= 15 is 0 Å². The van der Waals surface area contributed by atoms with Crippen LogP contribution in [0.15, 0.2) is 54.9 Å². The van der Waals surface area contributed by atoms with E-state index < -0.39 is 36.4 Å². The van der Waals surface area contributed by atoms with Crippen molar-refractivity contribution < 1.29 is 36.6 Å². The molecule has 0 bridgehead atoms. The maximum atomic E-state index is 13.4. The molecule has 0 saturated heterocycles. The Kier molecular flexibility index (Phi) is 8.11. The van der Waals surface area contributed by atoms with E-state index in [9.17, 15) is 31.9 Å². The molecule has 1 atom stereocenters. The third kappa shape index (κ3) is 7.20. The van der Waals surface area contributed by atoms with Gasteiger partial charge in [0.05, 0.1) is 30.0 Å². The fourth-order valence-electron chi connectivity index (χ4n) is 3.06. The van der Waals surface area contributed by atoms with E-state index in [0.717, 1.165) is 18.3 Å². The Labute approximate surface area is 191 Å². The number of nitrogens with one attached hydrogen (secondary N) is 1.